The van der Waals surface area contributed by atoms with Crippen LogP contribution < -0.4 is 20.1 Å². The van der Waals surface area contributed by atoms with E-state index in [1.54, 1.807) is 0 Å². The minimum Gasteiger partial charge on any atom is -0.493 e. The van der Waals surface area contributed by atoms with Crippen molar-refractivity contribution in [3.63, 3.8) is 0 Å². The van der Waals surface area contributed by atoms with Crippen molar-refractivity contribution in [2.75, 3.05) is 13.7 Å². The number of benzene rings is 2. The van der Waals surface area contributed by atoms with Gasteiger partial charge in [-0.25, -0.2) is 9.37 Å². The lowest BCUT2D eigenvalue weighted by Gasteiger charge is -2.43. The highest BCUT2D eigenvalue weighted by molar-refractivity contribution is 6.31. The summed E-state index contributed by atoms with van der Waals surface area (Å²) < 4.78 is 69.1. The third kappa shape index (κ3) is 7.39. The molecule has 0 radical (unpaired) electrons. The van der Waals surface area contributed by atoms with Gasteiger partial charge in [0.2, 0.25) is 11.5 Å². The first kappa shape index (κ1) is 35.0. The topological polar surface area (TPSA) is 110 Å². The van der Waals surface area contributed by atoms with E-state index in [9.17, 15) is 32.3 Å². The summed E-state index contributed by atoms with van der Waals surface area (Å²) in [4.78, 5) is 29.2. The molecule has 1 unspecified atom stereocenters. The van der Waals surface area contributed by atoms with Crippen LogP contribution >= 0.6 is 11.6 Å². The van der Waals surface area contributed by atoms with Gasteiger partial charge in [0.1, 0.15) is 5.82 Å². The molecule has 2 amide bonds. The molecule has 0 aliphatic heterocycles. The molecule has 1 atom stereocenters. The van der Waals surface area contributed by atoms with Crippen molar-refractivity contribution in [1.29, 1.82) is 0 Å². The fourth-order valence-corrected chi connectivity index (χ4v) is 5.27. The number of aromatic nitrogens is 1. The van der Waals surface area contributed by atoms with E-state index < -0.39 is 47.2 Å². The maximum Gasteiger partial charge on any atom is 0.424 e. The minimum absolute atomic E-state index is 0.0167. The molecule has 13 heteroatoms. The van der Waals surface area contributed by atoms with Gasteiger partial charge in [-0.3, -0.25) is 9.59 Å². The quantitative estimate of drug-likeness (QED) is 0.205. The number of aliphatic hydroxyl groups is 1. The van der Waals surface area contributed by atoms with Crippen molar-refractivity contribution in [1.82, 2.24) is 15.6 Å². The van der Waals surface area contributed by atoms with Crippen molar-refractivity contribution < 1.29 is 41.7 Å². The highest BCUT2D eigenvalue weighted by Gasteiger charge is 2.57. The number of hydrogen-bond acceptors (Lipinski definition) is 6. The van der Waals surface area contributed by atoms with Gasteiger partial charge in [0.15, 0.2) is 11.5 Å². The normalized spacial score (nSPS) is 16.6. The lowest BCUT2D eigenvalue weighted by atomic mass is 9.71. The number of carbonyl (C=O) groups excluding carboxylic acids is 2. The molecule has 3 N–H and O–H groups in total. The predicted octanol–water partition coefficient (Wildman–Crippen LogP) is 6.81. The summed E-state index contributed by atoms with van der Waals surface area (Å²) in [5.41, 5.74) is -5.08. The Hall–Kier alpha value is -3.90. The van der Waals surface area contributed by atoms with Gasteiger partial charge in [-0.05, 0) is 86.2 Å². The number of pyridine rings is 1. The molecule has 2 aliphatic carbocycles. The van der Waals surface area contributed by atoms with Crippen LogP contribution in [0.5, 0.6) is 11.5 Å². The Morgan fingerprint density at radius 3 is 2.30 bits per heavy atom. The molecule has 0 bridgehead atoms. The van der Waals surface area contributed by atoms with Crippen LogP contribution in [0.25, 0.3) is 11.3 Å². The number of nitrogens with zero attached hydrogens (tertiary/aromatic N) is 1. The van der Waals surface area contributed by atoms with Gasteiger partial charge in [0.05, 0.1) is 41.7 Å². The van der Waals surface area contributed by atoms with Gasteiger partial charge < -0.3 is 25.2 Å². The van der Waals surface area contributed by atoms with Gasteiger partial charge in [-0.15, -0.1) is 0 Å². The molecule has 46 heavy (non-hydrogen) atoms. The van der Waals surface area contributed by atoms with Crippen molar-refractivity contribution in [3.8, 4) is 22.8 Å². The largest absolute Gasteiger partial charge is 0.493 e. The fraction of sp³-hybridized carbons (Fsp3) is 0.424. The number of amides is 2. The average Bonchev–Trinajstić information content (AvgIpc) is 3.83. The zero-order chi connectivity index (χ0) is 33.9. The highest BCUT2D eigenvalue weighted by atomic mass is 35.5. The molecular formula is C33H36ClF4N3O5. The Kier molecular flexibility index (Phi) is 10.5. The molecule has 2 aromatic carbocycles. The Morgan fingerprint density at radius 2 is 1.76 bits per heavy atom. The Bertz CT molecular complexity index is 1590. The first-order chi connectivity index (χ1) is 21.7. The second kappa shape index (κ2) is 13.8. The van der Waals surface area contributed by atoms with E-state index in [0.717, 1.165) is 25.0 Å². The van der Waals surface area contributed by atoms with Gasteiger partial charge in [0.25, 0.3) is 5.91 Å². The molecule has 3 aromatic rings. The number of hydrogen-bond donors (Lipinski definition) is 3. The van der Waals surface area contributed by atoms with Crippen LogP contribution in [0, 0.1) is 5.82 Å². The van der Waals surface area contributed by atoms with Gasteiger partial charge in [0, 0.05) is 18.1 Å². The summed E-state index contributed by atoms with van der Waals surface area (Å²) >= 11 is 5.95. The number of nitrogens with one attached hydrogen (secondary N) is 2. The third-order valence-electron chi connectivity index (χ3n) is 7.86. The Balaban J connectivity index is 0.00000235. The molecule has 8 nitrogen and oxygen atoms in total. The second-order valence-corrected chi connectivity index (χ2v) is 11.5. The molecule has 2 saturated carbocycles. The van der Waals surface area contributed by atoms with E-state index in [2.05, 4.69) is 15.6 Å². The molecule has 5 rings (SSSR count). The first-order valence-corrected chi connectivity index (χ1v) is 15.3. The smallest absolute Gasteiger partial charge is 0.424 e. The van der Waals surface area contributed by atoms with Crippen LogP contribution in [0.2, 0.25) is 5.02 Å². The second-order valence-electron chi connectivity index (χ2n) is 11.1. The van der Waals surface area contributed by atoms with Crippen molar-refractivity contribution in [2.45, 2.75) is 76.3 Å². The van der Waals surface area contributed by atoms with Crippen molar-refractivity contribution >= 4 is 23.4 Å². The van der Waals surface area contributed by atoms with Crippen LogP contribution in [-0.2, 0) is 15.9 Å². The highest BCUT2D eigenvalue weighted by Crippen LogP contribution is 2.45. The lowest BCUT2D eigenvalue weighted by molar-refractivity contribution is -0.265. The molecule has 248 valence electrons. The third-order valence-corrected chi connectivity index (χ3v) is 8.15. The van der Waals surface area contributed by atoms with Gasteiger partial charge >= 0.3 is 6.18 Å². The summed E-state index contributed by atoms with van der Waals surface area (Å²) in [5, 5.41) is 16.0. The molecule has 2 aliphatic rings. The fourth-order valence-electron chi connectivity index (χ4n) is 5.09. The summed E-state index contributed by atoms with van der Waals surface area (Å²) in [6.45, 7) is 4.01. The molecule has 2 fully saturated rings. The van der Waals surface area contributed by atoms with E-state index in [1.807, 2.05) is 13.8 Å². The van der Waals surface area contributed by atoms with Gasteiger partial charge in [-0.2, -0.15) is 13.2 Å². The number of alkyl halides is 3. The number of carbonyl (C=O) groups is 2. The van der Waals surface area contributed by atoms with Crippen LogP contribution in [0.4, 0.5) is 17.6 Å². The predicted molar refractivity (Wildman–Crippen MR) is 164 cm³/mol. The molecule has 1 heterocycles. The maximum atomic E-state index is 14.7. The van der Waals surface area contributed by atoms with E-state index in [-0.39, 0.29) is 39.3 Å². The molecule has 0 spiro atoms. The maximum absolute atomic E-state index is 14.7. The van der Waals surface area contributed by atoms with Crippen LogP contribution in [0.15, 0.2) is 48.5 Å². The zero-order valence-corrected chi connectivity index (χ0v) is 26.6. The molecule has 0 saturated heterocycles. The van der Waals surface area contributed by atoms with Crippen molar-refractivity contribution in [2.24, 2.45) is 0 Å². The van der Waals surface area contributed by atoms with E-state index >= 15 is 0 Å². The zero-order valence-electron chi connectivity index (χ0n) is 25.9. The van der Waals surface area contributed by atoms with Crippen LogP contribution in [0.3, 0.4) is 0 Å². The van der Waals surface area contributed by atoms with E-state index in [4.69, 9.17) is 21.1 Å². The van der Waals surface area contributed by atoms with Gasteiger partial charge in [-0.1, -0.05) is 25.4 Å². The summed E-state index contributed by atoms with van der Waals surface area (Å²) in [5.74, 6) is -1.40. The number of ether oxygens (including phenoxy) is 2. The molecular weight excluding hydrogens is 630 g/mol. The van der Waals surface area contributed by atoms with E-state index in [1.165, 1.54) is 50.4 Å². The van der Waals surface area contributed by atoms with Crippen LogP contribution in [-0.4, -0.2) is 47.8 Å². The summed E-state index contributed by atoms with van der Waals surface area (Å²) in [7, 11) is 1.37. The SMILES string of the molecule is CC.COc1cc(C(=O)NCC(O)(c2cc(C3(NC(C)=O)CCC3)cc(-c3ccc(F)c(Cl)c3)n2)C(F)(F)F)ccc1OC1CC1. The Labute approximate surface area is 269 Å². The minimum atomic E-state index is -5.30. The monoisotopic (exact) mass is 665 g/mol. The number of rotatable bonds is 10. The summed E-state index contributed by atoms with van der Waals surface area (Å²) in [6, 6.07) is 10.3. The standard InChI is InChI=1S/C31H30ClF4N3O5.C2H6/c1-17(40)39-29(10-3-11-29)20-14-24(18-4-8-23(33)22(32)12-18)38-27(15-20)30(42,31(34,35)36)16-37-28(41)19-5-9-25(26(13-19)43-2)44-21-6-7-21;1-2/h4-5,8-9,12-15,21,42H,3,6-7,10-11,16H2,1-2H3,(H,37,41)(H,39,40);1-2H3. The molecule has 1 aromatic heterocycles. The lowest BCUT2D eigenvalue weighted by Crippen LogP contribution is -2.53. The summed E-state index contributed by atoms with van der Waals surface area (Å²) in [6.07, 6.45) is -1.91. The van der Waals surface area contributed by atoms with Crippen LogP contribution in [0.1, 0.15) is 74.5 Å². The van der Waals surface area contributed by atoms with E-state index in [0.29, 0.717) is 25.0 Å². The van der Waals surface area contributed by atoms with Crippen molar-refractivity contribution in [3.05, 3.63) is 76.2 Å². The number of halogens is 5. The number of methoxy groups -OCH3 is 1. The Morgan fingerprint density at radius 1 is 1.07 bits per heavy atom. The first-order valence-electron chi connectivity index (χ1n) is 14.9. The average molecular weight is 666 g/mol.